The van der Waals surface area contributed by atoms with Crippen LogP contribution >= 0.6 is 23.1 Å². The number of oxazole rings is 1. The number of thiazole rings is 1. The van der Waals surface area contributed by atoms with Crippen molar-refractivity contribution in [1.29, 1.82) is 0 Å². The standard InChI is InChI=1S/C21H19N7O6S2/c1-9-23-11-6-27(4-3-13(11)34-9)5-10-7-35-19-15(18(30)28(19)16(10)20(31)32)25-17(29)14(26-33-2)12-8-36-21(22)24-12/h3-4,6,8,15,19H,5,7H2,1-2H3,(H3-,22,24,25,29,31,32)/t15?,19-/m0/s1. The minimum Gasteiger partial charge on any atom is -0.543 e. The molecule has 0 radical (unpaired) electrons. The monoisotopic (exact) mass is 529 g/mol. The first kappa shape index (κ1) is 23.7. The lowest BCUT2D eigenvalue weighted by Gasteiger charge is -2.50. The number of hydrogen-bond donors (Lipinski definition) is 2. The van der Waals surface area contributed by atoms with Crippen molar-refractivity contribution in [2.75, 3.05) is 18.6 Å². The number of β-lactam (4-membered cyclic amide) rings is 1. The number of nitrogens with two attached hydrogens (primary N) is 1. The lowest BCUT2D eigenvalue weighted by Crippen LogP contribution is -2.71. The zero-order valence-corrected chi connectivity index (χ0v) is 20.6. The van der Waals surface area contributed by atoms with E-state index in [2.05, 4.69) is 20.4 Å². The molecule has 0 aromatic carbocycles. The molecular weight excluding hydrogens is 510 g/mol. The van der Waals surface area contributed by atoms with Gasteiger partial charge in [-0.05, 0) is 0 Å². The van der Waals surface area contributed by atoms with Gasteiger partial charge in [0.1, 0.15) is 24.2 Å². The van der Waals surface area contributed by atoms with E-state index in [1.54, 1.807) is 30.0 Å². The van der Waals surface area contributed by atoms with Gasteiger partial charge in [-0.25, -0.2) is 9.97 Å². The Morgan fingerprint density at radius 2 is 2.25 bits per heavy atom. The molecular formula is C21H19N7O6S2. The third kappa shape index (κ3) is 4.15. The van der Waals surface area contributed by atoms with Gasteiger partial charge in [0.2, 0.25) is 0 Å². The van der Waals surface area contributed by atoms with Crippen LogP contribution < -0.4 is 20.7 Å². The van der Waals surface area contributed by atoms with Gasteiger partial charge in [0.15, 0.2) is 46.8 Å². The molecule has 2 aliphatic rings. The zero-order chi connectivity index (χ0) is 25.6. The highest BCUT2D eigenvalue weighted by Gasteiger charge is 2.53. The van der Waals surface area contributed by atoms with Crippen LogP contribution in [0, 0.1) is 6.92 Å². The Balaban J connectivity index is 1.36. The van der Waals surface area contributed by atoms with Crippen LogP contribution in [0.4, 0.5) is 5.13 Å². The van der Waals surface area contributed by atoms with Gasteiger partial charge in [-0.3, -0.25) is 14.5 Å². The van der Waals surface area contributed by atoms with Crippen molar-refractivity contribution in [3.05, 3.63) is 46.7 Å². The van der Waals surface area contributed by atoms with Gasteiger partial charge in [0, 0.05) is 29.7 Å². The normalized spacial score (nSPS) is 19.8. The highest BCUT2D eigenvalue weighted by Crippen LogP contribution is 2.40. The summed E-state index contributed by atoms with van der Waals surface area (Å²) in [5, 5.41) is 19.5. The Labute approximate surface area is 211 Å². The zero-order valence-electron chi connectivity index (χ0n) is 19.0. The number of pyridine rings is 1. The number of anilines is 1. The lowest BCUT2D eigenvalue weighted by molar-refractivity contribution is -0.687. The smallest absolute Gasteiger partial charge is 0.276 e. The largest absolute Gasteiger partial charge is 0.543 e. The molecule has 5 heterocycles. The highest BCUT2D eigenvalue weighted by molar-refractivity contribution is 8.00. The maximum atomic E-state index is 13.0. The van der Waals surface area contributed by atoms with Crippen LogP contribution in [0.5, 0.6) is 0 Å². The number of nitrogens with zero attached hydrogens (tertiary/aromatic N) is 5. The van der Waals surface area contributed by atoms with Gasteiger partial charge < -0.3 is 30.2 Å². The molecule has 5 rings (SSSR count). The van der Waals surface area contributed by atoms with Crippen LogP contribution in [0.15, 0.2) is 44.7 Å². The molecule has 0 bridgehead atoms. The minimum atomic E-state index is -1.47. The summed E-state index contributed by atoms with van der Waals surface area (Å²) in [6, 6.07) is 0.779. The lowest BCUT2D eigenvalue weighted by atomic mass is 10.0. The van der Waals surface area contributed by atoms with Crippen LogP contribution in [0.25, 0.3) is 11.1 Å². The maximum absolute atomic E-state index is 13.0. The van der Waals surface area contributed by atoms with Crippen LogP contribution in [-0.2, 0) is 25.8 Å². The minimum absolute atomic E-state index is 0.149. The quantitative estimate of drug-likeness (QED) is 0.165. The van der Waals surface area contributed by atoms with Crippen molar-refractivity contribution in [3.63, 3.8) is 0 Å². The second kappa shape index (κ2) is 9.23. The van der Waals surface area contributed by atoms with Crippen LogP contribution in [0.1, 0.15) is 11.6 Å². The van der Waals surface area contributed by atoms with E-state index in [-0.39, 0.29) is 28.8 Å². The molecule has 36 heavy (non-hydrogen) atoms. The summed E-state index contributed by atoms with van der Waals surface area (Å²) < 4.78 is 7.24. The summed E-state index contributed by atoms with van der Waals surface area (Å²) in [6.07, 6.45) is 3.48. The number of aliphatic carboxylic acids is 1. The van der Waals surface area contributed by atoms with Crippen molar-refractivity contribution in [2.24, 2.45) is 5.16 Å². The Bertz CT molecular complexity index is 1460. The Morgan fingerprint density at radius 3 is 2.94 bits per heavy atom. The fourth-order valence-electron chi connectivity index (χ4n) is 4.05. The summed E-state index contributed by atoms with van der Waals surface area (Å²) in [6.45, 7) is 1.95. The number of thioether (sulfide) groups is 1. The predicted octanol–water partition coefficient (Wildman–Crippen LogP) is -1.08. The van der Waals surface area contributed by atoms with Crippen LogP contribution in [-0.4, -0.2) is 62.6 Å². The molecule has 0 aliphatic carbocycles. The van der Waals surface area contributed by atoms with Gasteiger partial charge in [0.25, 0.3) is 11.8 Å². The first-order valence-corrected chi connectivity index (χ1v) is 12.5. The van der Waals surface area contributed by atoms with E-state index < -0.39 is 29.2 Å². The molecule has 3 N–H and O–H groups in total. The van der Waals surface area contributed by atoms with E-state index in [1.807, 2.05) is 0 Å². The third-order valence-electron chi connectivity index (χ3n) is 5.56. The average Bonchev–Trinajstić information content (AvgIpc) is 3.44. The summed E-state index contributed by atoms with van der Waals surface area (Å²) in [5.41, 5.74) is 7.24. The van der Waals surface area contributed by atoms with E-state index in [0.717, 1.165) is 16.2 Å². The number of nitrogen functional groups attached to an aromatic ring is 1. The van der Waals surface area contributed by atoms with Crippen molar-refractivity contribution in [3.8, 4) is 0 Å². The molecule has 13 nitrogen and oxygen atoms in total. The molecule has 0 saturated carbocycles. The summed E-state index contributed by atoms with van der Waals surface area (Å²) in [5.74, 6) is -1.90. The second-order valence-electron chi connectivity index (χ2n) is 7.89. The molecule has 15 heteroatoms. The fourth-order valence-corrected chi connectivity index (χ4v) is 5.93. The molecule has 1 saturated heterocycles. The first-order valence-electron chi connectivity index (χ1n) is 10.5. The number of carboxylic acid groups (broad SMARTS) is 1. The summed E-state index contributed by atoms with van der Waals surface area (Å²) in [4.78, 5) is 52.1. The Hall–Kier alpha value is -3.98. The molecule has 1 unspecified atom stereocenters. The number of aromatic nitrogens is 3. The second-order valence-corrected chi connectivity index (χ2v) is 9.89. The van der Waals surface area contributed by atoms with E-state index in [0.29, 0.717) is 28.3 Å². The molecule has 1 fully saturated rings. The van der Waals surface area contributed by atoms with E-state index in [9.17, 15) is 19.5 Å². The number of carboxylic acids is 1. The molecule has 2 aliphatic heterocycles. The number of hydrogen-bond acceptors (Lipinski definition) is 12. The van der Waals surface area contributed by atoms with E-state index in [1.165, 1.54) is 24.3 Å². The molecule has 3 aromatic rings. The van der Waals surface area contributed by atoms with Crippen LogP contribution in [0.2, 0.25) is 0 Å². The van der Waals surface area contributed by atoms with Gasteiger partial charge in [-0.15, -0.1) is 23.1 Å². The number of fused-ring (bicyclic) bond motifs is 2. The number of amides is 2. The molecule has 2 amide bonds. The predicted molar refractivity (Wildman–Crippen MR) is 126 cm³/mol. The Morgan fingerprint density at radius 1 is 1.44 bits per heavy atom. The molecule has 186 valence electrons. The number of rotatable bonds is 7. The van der Waals surface area contributed by atoms with Crippen molar-refractivity contribution in [1.82, 2.24) is 20.2 Å². The van der Waals surface area contributed by atoms with Crippen molar-refractivity contribution >= 4 is 62.8 Å². The Kier molecular flexibility index (Phi) is 6.09. The molecule has 0 spiro atoms. The highest BCUT2D eigenvalue weighted by atomic mass is 32.2. The van der Waals surface area contributed by atoms with E-state index >= 15 is 0 Å². The van der Waals surface area contributed by atoms with Gasteiger partial charge in [-0.2, -0.15) is 4.57 Å². The number of aryl methyl sites for hydroxylation is 1. The van der Waals surface area contributed by atoms with E-state index in [4.69, 9.17) is 15.0 Å². The van der Waals surface area contributed by atoms with Crippen molar-refractivity contribution in [2.45, 2.75) is 24.9 Å². The topological polar surface area (TPSA) is 180 Å². The number of carbonyl (C=O) groups excluding carboxylic acids is 3. The summed E-state index contributed by atoms with van der Waals surface area (Å²) in [7, 11) is 1.27. The summed E-state index contributed by atoms with van der Waals surface area (Å²) >= 11 is 2.46. The first-order chi connectivity index (χ1) is 17.3. The van der Waals surface area contributed by atoms with Gasteiger partial charge in [-0.1, -0.05) is 5.16 Å². The number of carbonyl (C=O) groups is 3. The molecule has 2 atom stereocenters. The van der Waals surface area contributed by atoms with Gasteiger partial charge >= 0.3 is 0 Å². The SMILES string of the molecule is CON=C(C(=O)NC1C(=O)N2C(C(=O)[O-])=C(C[n+]3ccc4oc(C)nc4c3)CS[C@@H]12)c1csc(N)n1. The molecule has 3 aromatic heterocycles. The fraction of sp³-hybridized carbons (Fsp3) is 0.286. The van der Waals surface area contributed by atoms with Crippen LogP contribution in [0.3, 0.4) is 0 Å². The van der Waals surface area contributed by atoms with Crippen molar-refractivity contribution < 1.29 is 33.3 Å². The third-order valence-corrected chi connectivity index (χ3v) is 7.57. The number of nitrogens with one attached hydrogen (secondary N) is 1. The average molecular weight is 530 g/mol. The van der Waals surface area contributed by atoms with Gasteiger partial charge in [0.05, 0.1) is 11.7 Å². The maximum Gasteiger partial charge on any atom is 0.276 e. The number of oxime groups is 1.